The molecular weight excluding hydrogens is 485 g/mol. The third kappa shape index (κ3) is 7.44. The number of piperidine rings is 1. The maximum Gasteiger partial charge on any atom is 0.416 e. The lowest BCUT2D eigenvalue weighted by atomic mass is 9.88. The number of anilines is 1. The number of carbonyl (C=O) groups excluding carboxylic acids is 1. The first-order chi connectivity index (χ1) is 17.7. The summed E-state index contributed by atoms with van der Waals surface area (Å²) in [6.07, 6.45) is 2.28. The van der Waals surface area contributed by atoms with Crippen LogP contribution < -0.4 is 15.5 Å². The first kappa shape index (κ1) is 26.9. The van der Waals surface area contributed by atoms with Crippen molar-refractivity contribution in [2.75, 3.05) is 18.0 Å². The molecule has 0 aromatic heterocycles. The maximum absolute atomic E-state index is 12.8. The summed E-state index contributed by atoms with van der Waals surface area (Å²) >= 11 is 0. The highest BCUT2D eigenvalue weighted by Crippen LogP contribution is 2.29. The Kier molecular flexibility index (Phi) is 8.68. The summed E-state index contributed by atoms with van der Waals surface area (Å²) in [4.78, 5) is 25.5. The highest BCUT2D eigenvalue weighted by Gasteiger charge is 2.31. The molecule has 2 aliphatic rings. The predicted octanol–water partition coefficient (Wildman–Crippen LogP) is 5.23. The molecule has 3 atom stereocenters. The second-order valence-corrected chi connectivity index (χ2v) is 9.98. The molecule has 1 saturated carbocycles. The fourth-order valence-corrected chi connectivity index (χ4v) is 5.34. The number of carbonyl (C=O) groups is 1. The Balaban J connectivity index is 1.28. The van der Waals surface area contributed by atoms with Gasteiger partial charge in [-0.2, -0.15) is 13.2 Å². The third-order valence-corrected chi connectivity index (χ3v) is 7.33. The molecule has 0 spiro atoms. The van der Waals surface area contributed by atoms with E-state index < -0.39 is 16.7 Å². The van der Waals surface area contributed by atoms with Gasteiger partial charge in [-0.15, -0.1) is 0 Å². The lowest BCUT2D eigenvalue weighted by Crippen LogP contribution is -2.57. The molecule has 1 aliphatic heterocycles. The average molecular weight is 519 g/mol. The molecule has 4 rings (SSSR count). The third-order valence-electron chi connectivity index (χ3n) is 7.33. The van der Waals surface area contributed by atoms with Crippen LogP contribution in [0.4, 0.5) is 24.5 Å². The number of nitro benzene ring substituents is 1. The van der Waals surface area contributed by atoms with Gasteiger partial charge in [-0.25, -0.2) is 0 Å². The predicted molar refractivity (Wildman–Crippen MR) is 135 cm³/mol. The van der Waals surface area contributed by atoms with Crippen molar-refractivity contribution in [1.29, 1.82) is 0 Å². The van der Waals surface area contributed by atoms with Crippen molar-refractivity contribution in [1.82, 2.24) is 10.6 Å². The zero-order valence-electron chi connectivity index (χ0n) is 20.7. The van der Waals surface area contributed by atoms with E-state index in [0.29, 0.717) is 12.0 Å². The molecule has 0 radical (unpaired) electrons. The first-order valence-electron chi connectivity index (χ1n) is 12.9. The van der Waals surface area contributed by atoms with Crippen LogP contribution in [0.1, 0.15) is 56.1 Å². The van der Waals surface area contributed by atoms with Crippen LogP contribution in [0.15, 0.2) is 48.5 Å². The van der Waals surface area contributed by atoms with Crippen molar-refractivity contribution >= 4 is 17.3 Å². The van der Waals surface area contributed by atoms with E-state index >= 15 is 0 Å². The van der Waals surface area contributed by atoms with E-state index in [1.165, 1.54) is 24.3 Å². The van der Waals surface area contributed by atoms with Gasteiger partial charge in [0.15, 0.2) is 0 Å². The highest BCUT2D eigenvalue weighted by atomic mass is 19.4. The number of benzene rings is 2. The van der Waals surface area contributed by atoms with E-state index in [1.807, 2.05) is 0 Å². The minimum absolute atomic E-state index is 0.0172. The van der Waals surface area contributed by atoms with Crippen LogP contribution in [-0.2, 0) is 17.4 Å². The molecule has 1 unspecified atom stereocenters. The standard InChI is InChI=1S/C27H33F3N4O3/c28-27(29,30)20-10-7-19(8-11-20)9-16-26(35)32-25-6-2-1-5-24(25)31-21-4-3-17-33(18-21)22-12-14-23(15-13-22)34(36)37/h7-8,10-15,21,24-25,31H,1-6,9,16-18H2,(H,32,35)/t21?,24-,25-/m1/s1. The summed E-state index contributed by atoms with van der Waals surface area (Å²) in [5, 5.41) is 17.9. The summed E-state index contributed by atoms with van der Waals surface area (Å²) in [6.45, 7) is 1.69. The van der Waals surface area contributed by atoms with E-state index in [-0.39, 0.29) is 36.1 Å². The van der Waals surface area contributed by atoms with Crippen LogP contribution in [0.5, 0.6) is 0 Å². The van der Waals surface area contributed by atoms with E-state index in [9.17, 15) is 28.1 Å². The normalized spacial score (nSPS) is 22.5. The zero-order valence-corrected chi connectivity index (χ0v) is 20.7. The average Bonchev–Trinajstić information content (AvgIpc) is 2.88. The fraction of sp³-hybridized carbons (Fsp3) is 0.519. The second kappa shape index (κ2) is 11.9. The highest BCUT2D eigenvalue weighted by molar-refractivity contribution is 5.76. The Morgan fingerprint density at radius 2 is 1.65 bits per heavy atom. The van der Waals surface area contributed by atoms with Crippen molar-refractivity contribution in [2.45, 2.75) is 75.7 Å². The van der Waals surface area contributed by atoms with Gasteiger partial charge >= 0.3 is 6.18 Å². The van der Waals surface area contributed by atoms with Crippen molar-refractivity contribution < 1.29 is 22.9 Å². The molecule has 7 nitrogen and oxygen atoms in total. The minimum Gasteiger partial charge on any atom is -0.370 e. The van der Waals surface area contributed by atoms with Gasteiger partial charge in [0.25, 0.3) is 5.69 Å². The summed E-state index contributed by atoms with van der Waals surface area (Å²) in [5.41, 5.74) is 1.06. The number of nitrogens with zero attached hydrogens (tertiary/aromatic N) is 2. The quantitative estimate of drug-likeness (QED) is 0.369. The Morgan fingerprint density at radius 1 is 0.973 bits per heavy atom. The number of halogens is 3. The molecule has 1 aliphatic carbocycles. The number of rotatable bonds is 8. The monoisotopic (exact) mass is 518 g/mol. The Morgan fingerprint density at radius 3 is 2.30 bits per heavy atom. The Labute approximate surface area is 214 Å². The number of nitro groups is 1. The molecular formula is C27H33F3N4O3. The molecule has 37 heavy (non-hydrogen) atoms. The largest absolute Gasteiger partial charge is 0.416 e. The molecule has 2 aromatic carbocycles. The topological polar surface area (TPSA) is 87.5 Å². The number of nitrogens with one attached hydrogen (secondary N) is 2. The number of aryl methyl sites for hydroxylation is 1. The summed E-state index contributed by atoms with van der Waals surface area (Å²) < 4.78 is 38.3. The first-order valence-corrected chi connectivity index (χ1v) is 12.9. The van der Waals surface area contributed by atoms with Crippen LogP contribution in [0.2, 0.25) is 0 Å². The van der Waals surface area contributed by atoms with E-state index in [4.69, 9.17) is 0 Å². The SMILES string of the molecule is O=C(CCc1ccc(C(F)(F)F)cc1)N[C@@H]1CCCC[C@H]1NC1CCCN(c2ccc([N+](=O)[O-])cc2)C1. The van der Waals surface area contributed by atoms with Crippen LogP contribution in [0.3, 0.4) is 0 Å². The van der Waals surface area contributed by atoms with Gasteiger partial charge in [0.05, 0.1) is 10.5 Å². The Hall–Kier alpha value is -3.14. The van der Waals surface area contributed by atoms with Gasteiger partial charge in [-0.05, 0) is 61.9 Å². The van der Waals surface area contributed by atoms with Crippen molar-refractivity contribution in [3.8, 4) is 0 Å². The minimum atomic E-state index is -4.36. The van der Waals surface area contributed by atoms with Crippen LogP contribution >= 0.6 is 0 Å². The molecule has 2 fully saturated rings. The van der Waals surface area contributed by atoms with E-state index in [2.05, 4.69) is 15.5 Å². The van der Waals surface area contributed by atoms with Gasteiger partial charge in [-0.3, -0.25) is 14.9 Å². The molecule has 2 N–H and O–H groups in total. The van der Waals surface area contributed by atoms with Crippen LogP contribution in [0, 0.1) is 10.1 Å². The van der Waals surface area contributed by atoms with E-state index in [1.54, 1.807) is 12.1 Å². The number of hydrogen-bond acceptors (Lipinski definition) is 5. The second-order valence-electron chi connectivity index (χ2n) is 9.98. The Bertz CT molecular complexity index is 1060. The molecule has 2 aromatic rings. The molecule has 0 bridgehead atoms. The molecule has 1 saturated heterocycles. The molecule has 200 valence electrons. The maximum atomic E-state index is 12.8. The van der Waals surface area contributed by atoms with Crippen molar-refractivity contribution in [2.24, 2.45) is 0 Å². The summed E-state index contributed by atoms with van der Waals surface area (Å²) in [5.74, 6) is -0.0882. The van der Waals surface area contributed by atoms with Crippen LogP contribution in [0.25, 0.3) is 0 Å². The van der Waals surface area contributed by atoms with Gasteiger partial charge in [-0.1, -0.05) is 25.0 Å². The lowest BCUT2D eigenvalue weighted by molar-refractivity contribution is -0.384. The number of non-ortho nitro benzene ring substituents is 1. The van der Waals surface area contributed by atoms with Gasteiger partial charge in [0, 0.05) is 55.5 Å². The van der Waals surface area contributed by atoms with Crippen molar-refractivity contribution in [3.63, 3.8) is 0 Å². The van der Waals surface area contributed by atoms with Gasteiger partial charge in [0.2, 0.25) is 5.91 Å². The van der Waals surface area contributed by atoms with Crippen molar-refractivity contribution in [3.05, 3.63) is 69.8 Å². The summed E-state index contributed by atoms with van der Waals surface area (Å²) in [7, 11) is 0. The molecule has 1 amide bonds. The van der Waals surface area contributed by atoms with E-state index in [0.717, 1.165) is 69.4 Å². The fourth-order valence-electron chi connectivity index (χ4n) is 5.34. The smallest absolute Gasteiger partial charge is 0.370 e. The molecule has 1 heterocycles. The number of amides is 1. The lowest BCUT2D eigenvalue weighted by Gasteiger charge is -2.40. The molecule has 10 heteroatoms. The summed E-state index contributed by atoms with van der Waals surface area (Å²) in [6, 6.07) is 12.0. The van der Waals surface area contributed by atoms with Gasteiger partial charge in [0.1, 0.15) is 0 Å². The van der Waals surface area contributed by atoms with Gasteiger partial charge < -0.3 is 15.5 Å². The number of alkyl halides is 3. The zero-order chi connectivity index (χ0) is 26.4. The van der Waals surface area contributed by atoms with Crippen LogP contribution in [-0.4, -0.2) is 42.0 Å². The number of hydrogen-bond donors (Lipinski definition) is 2.